The zero-order chi connectivity index (χ0) is 22.2. The lowest BCUT2D eigenvalue weighted by molar-refractivity contribution is 0.0950. The standard InChI is InChI=1S/C23H22ClN3O4/c1-30-21-12-17(6-11-20(21)31-14-16-2-7-18(24)8-3-16)22(28)26-13-15-4-9-19(10-5-15)27-23(25)29/h2-12H,13-14H2,1H3,(H,26,28)(H3,25,27,29). The Hall–Kier alpha value is -3.71. The van der Waals surface area contributed by atoms with Crippen LogP contribution in [0.3, 0.4) is 0 Å². The average molecular weight is 440 g/mol. The SMILES string of the molecule is COc1cc(C(=O)NCc2ccc(NC(N)=O)cc2)ccc1OCc1ccc(Cl)cc1. The van der Waals surface area contributed by atoms with E-state index in [1.54, 1.807) is 54.6 Å². The van der Waals surface area contributed by atoms with Crippen LogP contribution in [0.15, 0.2) is 66.7 Å². The molecule has 7 nitrogen and oxygen atoms in total. The number of nitrogens with one attached hydrogen (secondary N) is 2. The van der Waals surface area contributed by atoms with E-state index in [0.717, 1.165) is 11.1 Å². The van der Waals surface area contributed by atoms with Gasteiger partial charge in [0, 0.05) is 22.8 Å². The molecule has 0 bridgehead atoms. The molecule has 3 amide bonds. The van der Waals surface area contributed by atoms with Crippen molar-refractivity contribution in [1.82, 2.24) is 5.32 Å². The summed E-state index contributed by atoms with van der Waals surface area (Å²) in [6.45, 7) is 0.673. The molecule has 3 aromatic carbocycles. The lowest BCUT2D eigenvalue weighted by Crippen LogP contribution is -2.23. The number of carbonyl (C=O) groups is 2. The summed E-state index contributed by atoms with van der Waals surface area (Å²) >= 11 is 5.89. The molecule has 8 heteroatoms. The van der Waals surface area contributed by atoms with Crippen LogP contribution >= 0.6 is 11.6 Å². The number of methoxy groups -OCH3 is 1. The Morgan fingerprint density at radius 1 is 0.935 bits per heavy atom. The average Bonchev–Trinajstić information content (AvgIpc) is 2.77. The van der Waals surface area contributed by atoms with E-state index in [-0.39, 0.29) is 5.91 Å². The normalized spacial score (nSPS) is 10.3. The van der Waals surface area contributed by atoms with Gasteiger partial charge >= 0.3 is 6.03 Å². The van der Waals surface area contributed by atoms with Gasteiger partial charge in [0.05, 0.1) is 7.11 Å². The van der Waals surface area contributed by atoms with Crippen LogP contribution in [0.25, 0.3) is 0 Å². The second kappa shape index (κ2) is 10.4. The number of halogens is 1. The third-order valence-corrected chi connectivity index (χ3v) is 4.66. The molecular weight excluding hydrogens is 418 g/mol. The maximum Gasteiger partial charge on any atom is 0.316 e. The van der Waals surface area contributed by atoms with E-state index in [2.05, 4.69) is 10.6 Å². The first kappa shape index (κ1) is 22.0. The van der Waals surface area contributed by atoms with E-state index in [1.807, 2.05) is 12.1 Å². The molecule has 4 N–H and O–H groups in total. The molecule has 0 atom stereocenters. The summed E-state index contributed by atoms with van der Waals surface area (Å²) in [7, 11) is 1.52. The number of rotatable bonds is 8. The Kier molecular flexibility index (Phi) is 7.35. The van der Waals surface area contributed by atoms with Gasteiger partial charge in [-0.25, -0.2) is 4.79 Å². The molecule has 0 saturated heterocycles. The predicted molar refractivity (Wildman–Crippen MR) is 120 cm³/mol. The van der Waals surface area contributed by atoms with Crippen molar-refractivity contribution >= 4 is 29.2 Å². The minimum atomic E-state index is -0.629. The summed E-state index contributed by atoms with van der Waals surface area (Å²) in [6, 6.07) is 18.7. The van der Waals surface area contributed by atoms with E-state index in [0.29, 0.717) is 40.9 Å². The Labute approximate surface area is 185 Å². The highest BCUT2D eigenvalue weighted by Crippen LogP contribution is 2.29. The second-order valence-corrected chi connectivity index (χ2v) is 7.09. The first-order valence-electron chi connectivity index (χ1n) is 9.43. The van der Waals surface area contributed by atoms with Gasteiger partial charge in [0.1, 0.15) is 6.61 Å². The molecule has 0 radical (unpaired) electrons. The molecule has 0 fully saturated rings. The Morgan fingerprint density at radius 3 is 2.26 bits per heavy atom. The summed E-state index contributed by atoms with van der Waals surface area (Å²) in [5.41, 5.74) is 7.95. The van der Waals surface area contributed by atoms with Gasteiger partial charge < -0.3 is 25.8 Å². The van der Waals surface area contributed by atoms with Gasteiger partial charge in [-0.3, -0.25) is 4.79 Å². The molecule has 160 valence electrons. The van der Waals surface area contributed by atoms with Gasteiger partial charge in [0.25, 0.3) is 5.91 Å². The monoisotopic (exact) mass is 439 g/mol. The van der Waals surface area contributed by atoms with E-state index >= 15 is 0 Å². The maximum atomic E-state index is 12.5. The van der Waals surface area contributed by atoms with Crippen LogP contribution in [0.2, 0.25) is 5.02 Å². The molecule has 0 aliphatic rings. The summed E-state index contributed by atoms with van der Waals surface area (Å²) in [5.74, 6) is 0.747. The summed E-state index contributed by atoms with van der Waals surface area (Å²) in [4.78, 5) is 23.4. The van der Waals surface area contributed by atoms with Gasteiger partial charge in [0.2, 0.25) is 0 Å². The minimum absolute atomic E-state index is 0.248. The number of anilines is 1. The topological polar surface area (TPSA) is 103 Å². The fourth-order valence-electron chi connectivity index (χ4n) is 2.80. The van der Waals surface area contributed by atoms with E-state index in [9.17, 15) is 9.59 Å². The zero-order valence-corrected chi connectivity index (χ0v) is 17.6. The number of primary amides is 1. The molecule has 0 heterocycles. The molecule has 3 aromatic rings. The van der Waals surface area contributed by atoms with Crippen molar-refractivity contribution in [3.63, 3.8) is 0 Å². The Morgan fingerprint density at radius 2 is 1.61 bits per heavy atom. The third kappa shape index (κ3) is 6.38. The Balaban J connectivity index is 1.59. The van der Waals surface area contributed by atoms with Crippen molar-refractivity contribution in [1.29, 1.82) is 0 Å². The number of hydrogen-bond acceptors (Lipinski definition) is 4. The molecule has 0 saturated carbocycles. The van der Waals surface area contributed by atoms with Gasteiger partial charge in [0.15, 0.2) is 11.5 Å². The van der Waals surface area contributed by atoms with Gasteiger partial charge in [-0.2, -0.15) is 0 Å². The first-order valence-corrected chi connectivity index (χ1v) is 9.81. The van der Waals surface area contributed by atoms with Crippen LogP contribution in [0.5, 0.6) is 11.5 Å². The molecule has 31 heavy (non-hydrogen) atoms. The number of urea groups is 1. The van der Waals surface area contributed by atoms with E-state index < -0.39 is 6.03 Å². The van der Waals surface area contributed by atoms with Crippen LogP contribution < -0.4 is 25.8 Å². The Bertz CT molecular complexity index is 1050. The molecular formula is C23H22ClN3O4. The van der Waals surface area contributed by atoms with Gasteiger partial charge in [-0.15, -0.1) is 0 Å². The largest absolute Gasteiger partial charge is 0.493 e. The summed E-state index contributed by atoms with van der Waals surface area (Å²) < 4.78 is 11.2. The number of hydrogen-bond donors (Lipinski definition) is 3. The van der Waals surface area contributed by atoms with Crippen LogP contribution in [0, 0.1) is 0 Å². The summed E-state index contributed by atoms with van der Waals surface area (Å²) in [6.07, 6.45) is 0. The predicted octanol–water partition coefficient (Wildman–Crippen LogP) is 4.35. The van der Waals surface area contributed by atoms with Crippen molar-refractivity contribution in [2.24, 2.45) is 5.73 Å². The third-order valence-electron chi connectivity index (χ3n) is 4.41. The fraction of sp³-hybridized carbons (Fsp3) is 0.130. The number of benzene rings is 3. The number of amides is 3. The number of carbonyl (C=O) groups excluding carboxylic acids is 2. The lowest BCUT2D eigenvalue weighted by atomic mass is 10.1. The van der Waals surface area contributed by atoms with Crippen molar-refractivity contribution in [3.05, 3.63) is 88.4 Å². The molecule has 0 aliphatic carbocycles. The quantitative estimate of drug-likeness (QED) is 0.485. The number of ether oxygens (including phenoxy) is 2. The molecule has 0 aromatic heterocycles. The lowest BCUT2D eigenvalue weighted by Gasteiger charge is -2.13. The van der Waals surface area contributed by atoms with Crippen molar-refractivity contribution < 1.29 is 19.1 Å². The van der Waals surface area contributed by atoms with Crippen molar-refractivity contribution in [2.75, 3.05) is 12.4 Å². The minimum Gasteiger partial charge on any atom is -0.493 e. The van der Waals surface area contributed by atoms with Crippen molar-refractivity contribution in [3.8, 4) is 11.5 Å². The molecule has 0 spiro atoms. The number of nitrogens with two attached hydrogens (primary N) is 1. The fourth-order valence-corrected chi connectivity index (χ4v) is 2.93. The van der Waals surface area contributed by atoms with E-state index in [4.69, 9.17) is 26.8 Å². The van der Waals surface area contributed by atoms with Crippen LogP contribution in [0.4, 0.5) is 10.5 Å². The van der Waals surface area contributed by atoms with Crippen LogP contribution in [-0.2, 0) is 13.2 Å². The molecule has 0 unspecified atom stereocenters. The highest BCUT2D eigenvalue weighted by Gasteiger charge is 2.11. The van der Waals surface area contributed by atoms with Crippen LogP contribution in [0.1, 0.15) is 21.5 Å². The van der Waals surface area contributed by atoms with E-state index in [1.165, 1.54) is 7.11 Å². The van der Waals surface area contributed by atoms with Crippen LogP contribution in [-0.4, -0.2) is 19.0 Å². The first-order chi connectivity index (χ1) is 14.9. The highest BCUT2D eigenvalue weighted by atomic mass is 35.5. The maximum absolute atomic E-state index is 12.5. The molecule has 3 rings (SSSR count). The van der Waals surface area contributed by atoms with Gasteiger partial charge in [-0.1, -0.05) is 35.9 Å². The zero-order valence-electron chi connectivity index (χ0n) is 16.9. The van der Waals surface area contributed by atoms with Gasteiger partial charge in [-0.05, 0) is 53.6 Å². The second-order valence-electron chi connectivity index (χ2n) is 6.65. The highest BCUT2D eigenvalue weighted by molar-refractivity contribution is 6.30. The smallest absolute Gasteiger partial charge is 0.316 e. The molecule has 0 aliphatic heterocycles. The summed E-state index contributed by atoms with van der Waals surface area (Å²) in [5, 5.41) is 6.00. The van der Waals surface area contributed by atoms with Crippen molar-refractivity contribution in [2.45, 2.75) is 13.2 Å².